The van der Waals surface area contributed by atoms with Gasteiger partial charge in [0.1, 0.15) is 0 Å². The molecule has 20 heavy (non-hydrogen) atoms. The molecule has 2 aromatic rings. The molecule has 5 heteroatoms. The molecule has 1 aromatic carbocycles. The second kappa shape index (κ2) is 5.96. The minimum atomic E-state index is 0.227. The Kier molecular flexibility index (Phi) is 4.29. The van der Waals surface area contributed by atoms with E-state index >= 15 is 0 Å². The van der Waals surface area contributed by atoms with Gasteiger partial charge in [0.15, 0.2) is 11.5 Å². The van der Waals surface area contributed by atoms with Crippen LogP contribution in [0.3, 0.4) is 0 Å². The van der Waals surface area contributed by atoms with Gasteiger partial charge in [0.25, 0.3) is 0 Å². The van der Waals surface area contributed by atoms with Gasteiger partial charge in [-0.3, -0.25) is 4.68 Å². The molecule has 0 aliphatic carbocycles. The third-order valence-electron chi connectivity index (χ3n) is 3.45. The molecule has 0 radical (unpaired) electrons. The van der Waals surface area contributed by atoms with Crippen molar-refractivity contribution in [1.82, 2.24) is 15.1 Å². The maximum Gasteiger partial charge on any atom is 0.168 e. The molecule has 0 saturated carbocycles. The van der Waals surface area contributed by atoms with E-state index in [0.29, 0.717) is 0 Å². The molecule has 0 aliphatic rings. The van der Waals surface area contributed by atoms with Crippen LogP contribution in [0.5, 0.6) is 11.5 Å². The zero-order valence-electron chi connectivity index (χ0n) is 12.6. The second-order valence-corrected chi connectivity index (χ2v) is 4.72. The van der Waals surface area contributed by atoms with E-state index in [4.69, 9.17) is 9.47 Å². The summed E-state index contributed by atoms with van der Waals surface area (Å²) in [5, 5.41) is 7.46. The standard InChI is InChI=1S/C15H21N3O2/c1-10(16-2)11-6-13(12-8-17-18(3)9-12)15(20-5)14(7-11)19-4/h6-10,16H,1-5H3. The Balaban J connectivity index is 2.63. The Morgan fingerprint density at radius 1 is 1.25 bits per heavy atom. The van der Waals surface area contributed by atoms with Gasteiger partial charge in [-0.1, -0.05) is 0 Å². The molecule has 1 unspecified atom stereocenters. The predicted octanol–water partition coefficient (Wildman–Crippen LogP) is 2.38. The smallest absolute Gasteiger partial charge is 0.168 e. The van der Waals surface area contributed by atoms with E-state index in [9.17, 15) is 0 Å². The number of methoxy groups -OCH3 is 2. The lowest BCUT2D eigenvalue weighted by Crippen LogP contribution is -2.12. The van der Waals surface area contributed by atoms with Crippen molar-refractivity contribution >= 4 is 0 Å². The predicted molar refractivity (Wildman–Crippen MR) is 79.2 cm³/mol. The molecule has 0 amide bonds. The van der Waals surface area contributed by atoms with E-state index in [1.165, 1.54) is 0 Å². The van der Waals surface area contributed by atoms with Gasteiger partial charge in [0.05, 0.1) is 20.4 Å². The highest BCUT2D eigenvalue weighted by Crippen LogP contribution is 2.40. The Labute approximate surface area is 119 Å². The van der Waals surface area contributed by atoms with Crippen molar-refractivity contribution in [2.75, 3.05) is 21.3 Å². The van der Waals surface area contributed by atoms with Crippen LogP contribution in [0.4, 0.5) is 0 Å². The van der Waals surface area contributed by atoms with Crippen molar-refractivity contribution in [3.8, 4) is 22.6 Å². The van der Waals surface area contributed by atoms with Crippen molar-refractivity contribution in [2.45, 2.75) is 13.0 Å². The molecule has 0 fully saturated rings. The average Bonchev–Trinajstić information content (AvgIpc) is 2.91. The van der Waals surface area contributed by atoms with Gasteiger partial charge >= 0.3 is 0 Å². The quantitative estimate of drug-likeness (QED) is 0.910. The second-order valence-electron chi connectivity index (χ2n) is 4.72. The molecule has 1 atom stereocenters. The number of ether oxygens (including phenoxy) is 2. The highest BCUT2D eigenvalue weighted by molar-refractivity contribution is 5.74. The van der Waals surface area contributed by atoms with E-state index in [0.717, 1.165) is 28.2 Å². The molecule has 108 valence electrons. The average molecular weight is 275 g/mol. The van der Waals surface area contributed by atoms with Crippen LogP contribution in [-0.2, 0) is 7.05 Å². The highest BCUT2D eigenvalue weighted by atomic mass is 16.5. The fourth-order valence-electron chi connectivity index (χ4n) is 2.18. The van der Waals surface area contributed by atoms with Crippen LogP contribution >= 0.6 is 0 Å². The van der Waals surface area contributed by atoms with Crippen LogP contribution in [0.15, 0.2) is 24.5 Å². The zero-order chi connectivity index (χ0) is 14.7. The van der Waals surface area contributed by atoms with Crippen LogP contribution in [-0.4, -0.2) is 31.0 Å². The number of nitrogens with one attached hydrogen (secondary N) is 1. The van der Waals surface area contributed by atoms with Gasteiger partial charge in [-0.2, -0.15) is 5.10 Å². The van der Waals surface area contributed by atoms with Gasteiger partial charge < -0.3 is 14.8 Å². The maximum absolute atomic E-state index is 5.52. The van der Waals surface area contributed by atoms with Gasteiger partial charge in [-0.15, -0.1) is 0 Å². The molecular formula is C15H21N3O2. The number of aromatic nitrogens is 2. The van der Waals surface area contributed by atoms with Gasteiger partial charge in [0.2, 0.25) is 0 Å². The lowest BCUT2D eigenvalue weighted by atomic mass is 10.00. The first-order chi connectivity index (χ1) is 9.60. The monoisotopic (exact) mass is 275 g/mol. The maximum atomic E-state index is 5.52. The van der Waals surface area contributed by atoms with Crippen molar-refractivity contribution in [2.24, 2.45) is 7.05 Å². The van der Waals surface area contributed by atoms with Crippen molar-refractivity contribution < 1.29 is 9.47 Å². The first-order valence-corrected chi connectivity index (χ1v) is 6.53. The number of nitrogens with zero attached hydrogens (tertiary/aromatic N) is 2. The molecule has 1 aromatic heterocycles. The van der Waals surface area contributed by atoms with Crippen LogP contribution < -0.4 is 14.8 Å². The third-order valence-corrected chi connectivity index (χ3v) is 3.45. The summed E-state index contributed by atoms with van der Waals surface area (Å²) in [5.74, 6) is 1.46. The van der Waals surface area contributed by atoms with E-state index < -0.39 is 0 Å². The molecule has 5 nitrogen and oxygen atoms in total. The molecule has 0 saturated heterocycles. The van der Waals surface area contributed by atoms with Crippen LogP contribution in [0.25, 0.3) is 11.1 Å². The van der Waals surface area contributed by atoms with Crippen molar-refractivity contribution in [3.05, 3.63) is 30.1 Å². The Morgan fingerprint density at radius 2 is 2.00 bits per heavy atom. The lowest BCUT2D eigenvalue weighted by molar-refractivity contribution is 0.355. The Bertz CT molecular complexity index is 593. The van der Waals surface area contributed by atoms with Crippen LogP contribution in [0, 0.1) is 0 Å². The first kappa shape index (κ1) is 14.4. The van der Waals surface area contributed by atoms with E-state index in [1.807, 2.05) is 32.6 Å². The summed E-state index contributed by atoms with van der Waals surface area (Å²) in [4.78, 5) is 0. The zero-order valence-corrected chi connectivity index (χ0v) is 12.6. The van der Waals surface area contributed by atoms with Crippen LogP contribution in [0.1, 0.15) is 18.5 Å². The number of hydrogen-bond acceptors (Lipinski definition) is 4. The molecule has 0 aliphatic heterocycles. The minimum Gasteiger partial charge on any atom is -0.493 e. The Hall–Kier alpha value is -2.01. The number of hydrogen-bond donors (Lipinski definition) is 1. The summed E-state index contributed by atoms with van der Waals surface area (Å²) in [6, 6.07) is 4.34. The molecule has 0 spiro atoms. The largest absolute Gasteiger partial charge is 0.493 e. The molecule has 1 heterocycles. The van der Waals surface area contributed by atoms with E-state index in [1.54, 1.807) is 18.9 Å². The van der Waals surface area contributed by atoms with E-state index in [2.05, 4.69) is 23.4 Å². The summed E-state index contributed by atoms with van der Waals surface area (Å²) < 4.78 is 12.8. The summed E-state index contributed by atoms with van der Waals surface area (Å²) in [6.07, 6.45) is 3.79. The molecule has 2 rings (SSSR count). The van der Waals surface area contributed by atoms with Gasteiger partial charge in [0, 0.05) is 30.4 Å². The molecule has 1 N–H and O–H groups in total. The topological polar surface area (TPSA) is 48.3 Å². The van der Waals surface area contributed by atoms with E-state index in [-0.39, 0.29) is 6.04 Å². The fourth-order valence-corrected chi connectivity index (χ4v) is 2.18. The summed E-state index contributed by atoms with van der Waals surface area (Å²) in [7, 11) is 7.13. The lowest BCUT2D eigenvalue weighted by Gasteiger charge is -2.17. The van der Waals surface area contributed by atoms with Gasteiger partial charge in [-0.25, -0.2) is 0 Å². The highest BCUT2D eigenvalue weighted by Gasteiger charge is 2.17. The van der Waals surface area contributed by atoms with Gasteiger partial charge in [-0.05, 0) is 31.7 Å². The fraction of sp³-hybridized carbons (Fsp3) is 0.400. The normalized spacial score (nSPS) is 12.2. The first-order valence-electron chi connectivity index (χ1n) is 6.53. The molecule has 0 bridgehead atoms. The Morgan fingerprint density at radius 3 is 2.50 bits per heavy atom. The number of aryl methyl sites for hydroxylation is 1. The SMILES string of the molecule is CNC(C)c1cc(OC)c(OC)c(-c2cnn(C)c2)c1. The summed E-state index contributed by atoms with van der Waals surface area (Å²) >= 11 is 0. The van der Waals surface area contributed by atoms with Crippen LogP contribution in [0.2, 0.25) is 0 Å². The third kappa shape index (κ3) is 2.63. The number of rotatable bonds is 5. The minimum absolute atomic E-state index is 0.227. The molecular weight excluding hydrogens is 254 g/mol. The summed E-state index contributed by atoms with van der Waals surface area (Å²) in [5.41, 5.74) is 3.13. The number of benzene rings is 1. The van der Waals surface area contributed by atoms with Crippen molar-refractivity contribution in [3.63, 3.8) is 0 Å². The summed E-state index contributed by atoms with van der Waals surface area (Å²) in [6.45, 7) is 2.11. The van der Waals surface area contributed by atoms with Crippen molar-refractivity contribution in [1.29, 1.82) is 0 Å².